The second-order valence-electron chi connectivity index (χ2n) is 5.30. The molecule has 0 unspecified atom stereocenters. The molecule has 0 spiro atoms. The zero-order valence-corrected chi connectivity index (χ0v) is 15.4. The number of benzene rings is 1. The van der Waals surface area contributed by atoms with E-state index in [2.05, 4.69) is 20.6 Å². The lowest BCUT2D eigenvalue weighted by Crippen LogP contribution is -2.36. The Labute approximate surface area is 155 Å². The van der Waals surface area contributed by atoms with Gasteiger partial charge in [-0.25, -0.2) is 9.98 Å². The van der Waals surface area contributed by atoms with Crippen LogP contribution >= 0.6 is 22.9 Å². The quantitative estimate of drug-likeness (QED) is 0.498. The fraction of sp³-hybridized carbons (Fsp3) is 0.222. The maximum atomic E-state index is 6.01. The normalized spacial score (nSPS) is 11.5. The van der Waals surface area contributed by atoms with Gasteiger partial charge in [0.05, 0.1) is 23.7 Å². The van der Waals surface area contributed by atoms with Gasteiger partial charge in [-0.05, 0) is 36.1 Å². The summed E-state index contributed by atoms with van der Waals surface area (Å²) in [6, 6.07) is 11.7. The van der Waals surface area contributed by atoms with Crippen molar-refractivity contribution in [1.29, 1.82) is 0 Å². The molecule has 0 bridgehead atoms. The lowest BCUT2D eigenvalue weighted by atomic mass is 10.2. The van der Waals surface area contributed by atoms with Gasteiger partial charge in [0, 0.05) is 11.6 Å². The molecule has 3 rings (SSSR count). The second-order valence-corrected chi connectivity index (χ2v) is 6.68. The topological polar surface area (TPSA) is 62.5 Å². The fourth-order valence-corrected chi connectivity index (χ4v) is 3.09. The largest absolute Gasteiger partial charge is 0.443 e. The molecule has 0 saturated carbocycles. The Morgan fingerprint density at radius 2 is 2.20 bits per heavy atom. The number of hydrogen-bond acceptors (Lipinski definition) is 4. The number of nitrogens with zero attached hydrogens (tertiary/aromatic N) is 2. The molecule has 130 valence electrons. The lowest BCUT2D eigenvalue weighted by Gasteiger charge is -2.10. The average Bonchev–Trinajstić information content (AvgIpc) is 3.28. The van der Waals surface area contributed by atoms with E-state index in [-0.39, 0.29) is 0 Å². The maximum Gasteiger partial charge on any atom is 0.236 e. The first kappa shape index (κ1) is 17.5. The highest BCUT2D eigenvalue weighted by Crippen LogP contribution is 2.23. The SMILES string of the molecule is CCNC(=NCc1cccc(Cl)c1)NCc1coc(-c2cccs2)n1. The number of thiophene rings is 1. The van der Waals surface area contributed by atoms with Crippen LogP contribution in [-0.2, 0) is 13.1 Å². The lowest BCUT2D eigenvalue weighted by molar-refractivity contribution is 0.573. The summed E-state index contributed by atoms with van der Waals surface area (Å²) < 4.78 is 5.53. The van der Waals surface area contributed by atoms with Crippen molar-refractivity contribution in [2.45, 2.75) is 20.0 Å². The van der Waals surface area contributed by atoms with Crippen molar-refractivity contribution in [3.63, 3.8) is 0 Å². The predicted octanol–water partition coefficient (Wildman–Crippen LogP) is 4.31. The number of halogens is 1. The summed E-state index contributed by atoms with van der Waals surface area (Å²) in [4.78, 5) is 10.1. The number of rotatable bonds is 6. The molecule has 0 aliphatic rings. The van der Waals surface area contributed by atoms with Gasteiger partial charge in [-0.2, -0.15) is 0 Å². The van der Waals surface area contributed by atoms with Crippen molar-refractivity contribution < 1.29 is 4.42 Å². The minimum atomic E-state index is 0.538. The Balaban J connectivity index is 1.61. The molecule has 25 heavy (non-hydrogen) atoms. The molecule has 2 heterocycles. The highest BCUT2D eigenvalue weighted by Gasteiger charge is 2.08. The van der Waals surface area contributed by atoms with Gasteiger partial charge >= 0.3 is 0 Å². The third kappa shape index (κ3) is 5.08. The standard InChI is InChI=1S/C18H19ClN4OS/c1-2-20-18(21-10-13-5-3-6-14(19)9-13)22-11-15-12-24-17(23-15)16-7-4-8-25-16/h3-9,12H,2,10-11H2,1H3,(H2,20,21,22). The van der Waals surface area contributed by atoms with Crippen LogP contribution in [0.3, 0.4) is 0 Å². The minimum Gasteiger partial charge on any atom is -0.443 e. The predicted molar refractivity (Wildman–Crippen MR) is 103 cm³/mol. The molecule has 5 nitrogen and oxygen atoms in total. The zero-order chi connectivity index (χ0) is 17.5. The number of guanidine groups is 1. The summed E-state index contributed by atoms with van der Waals surface area (Å²) in [6.45, 7) is 3.90. The van der Waals surface area contributed by atoms with Gasteiger partial charge in [0.1, 0.15) is 6.26 Å². The number of oxazole rings is 1. The molecule has 0 aliphatic carbocycles. The van der Waals surface area contributed by atoms with Gasteiger partial charge in [-0.15, -0.1) is 11.3 Å². The Kier molecular flexibility index (Phi) is 6.09. The van der Waals surface area contributed by atoms with Crippen molar-refractivity contribution in [3.8, 4) is 10.8 Å². The van der Waals surface area contributed by atoms with Crippen LogP contribution in [0.5, 0.6) is 0 Å². The minimum absolute atomic E-state index is 0.538. The first-order chi connectivity index (χ1) is 12.2. The fourth-order valence-electron chi connectivity index (χ4n) is 2.22. The molecule has 0 saturated heterocycles. The van der Waals surface area contributed by atoms with E-state index in [1.165, 1.54) is 0 Å². The zero-order valence-electron chi connectivity index (χ0n) is 13.8. The van der Waals surface area contributed by atoms with Crippen LogP contribution in [0.2, 0.25) is 5.02 Å². The monoisotopic (exact) mass is 374 g/mol. The first-order valence-corrected chi connectivity index (χ1v) is 9.25. The molecular formula is C18H19ClN4OS. The maximum absolute atomic E-state index is 6.01. The Hall–Kier alpha value is -2.31. The summed E-state index contributed by atoms with van der Waals surface area (Å²) in [6.07, 6.45) is 1.67. The third-order valence-corrected chi connectivity index (χ3v) is 4.47. The number of hydrogen-bond donors (Lipinski definition) is 2. The molecule has 0 aliphatic heterocycles. The second kappa shape index (κ2) is 8.69. The smallest absolute Gasteiger partial charge is 0.236 e. The molecular weight excluding hydrogens is 356 g/mol. The molecule has 0 amide bonds. The third-order valence-electron chi connectivity index (χ3n) is 3.37. The van der Waals surface area contributed by atoms with E-state index in [1.807, 2.05) is 48.7 Å². The molecule has 2 N–H and O–H groups in total. The summed E-state index contributed by atoms with van der Waals surface area (Å²) in [5.74, 6) is 1.37. The van der Waals surface area contributed by atoms with Crippen molar-refractivity contribution in [3.05, 3.63) is 64.3 Å². The Morgan fingerprint density at radius 1 is 1.28 bits per heavy atom. The molecule has 3 aromatic rings. The van der Waals surface area contributed by atoms with Gasteiger partial charge in [0.15, 0.2) is 5.96 Å². The van der Waals surface area contributed by atoms with E-state index in [0.717, 1.165) is 33.7 Å². The molecule has 2 aromatic heterocycles. The van der Waals surface area contributed by atoms with Crippen LogP contribution in [0.1, 0.15) is 18.2 Å². The number of aromatic nitrogens is 1. The number of aliphatic imine (C=N–C) groups is 1. The van der Waals surface area contributed by atoms with Gasteiger partial charge in [0.25, 0.3) is 0 Å². The van der Waals surface area contributed by atoms with Gasteiger partial charge in [0.2, 0.25) is 5.89 Å². The first-order valence-electron chi connectivity index (χ1n) is 7.99. The highest BCUT2D eigenvalue weighted by atomic mass is 35.5. The molecule has 1 aromatic carbocycles. The van der Waals surface area contributed by atoms with Crippen molar-refractivity contribution >= 4 is 28.9 Å². The van der Waals surface area contributed by atoms with Gasteiger partial charge < -0.3 is 15.1 Å². The average molecular weight is 375 g/mol. The van der Waals surface area contributed by atoms with Crippen LogP contribution in [0, 0.1) is 0 Å². The van der Waals surface area contributed by atoms with Gasteiger partial charge in [-0.1, -0.05) is 29.8 Å². The van der Waals surface area contributed by atoms with Crippen LogP contribution < -0.4 is 10.6 Å². The summed E-state index contributed by atoms with van der Waals surface area (Å²) in [5, 5.41) is 9.21. The van der Waals surface area contributed by atoms with E-state index >= 15 is 0 Å². The summed E-state index contributed by atoms with van der Waals surface area (Å²) >= 11 is 7.61. The van der Waals surface area contributed by atoms with Crippen LogP contribution in [0.4, 0.5) is 0 Å². The number of nitrogens with one attached hydrogen (secondary N) is 2. The highest BCUT2D eigenvalue weighted by molar-refractivity contribution is 7.13. The van der Waals surface area contributed by atoms with E-state index in [0.29, 0.717) is 19.0 Å². The molecule has 7 heteroatoms. The van der Waals surface area contributed by atoms with Gasteiger partial charge in [-0.3, -0.25) is 0 Å². The Morgan fingerprint density at radius 3 is 2.96 bits per heavy atom. The molecule has 0 fully saturated rings. The van der Waals surface area contributed by atoms with Crippen molar-refractivity contribution in [1.82, 2.24) is 15.6 Å². The van der Waals surface area contributed by atoms with Crippen molar-refractivity contribution in [2.24, 2.45) is 4.99 Å². The van der Waals surface area contributed by atoms with E-state index in [9.17, 15) is 0 Å². The van der Waals surface area contributed by atoms with E-state index in [4.69, 9.17) is 16.0 Å². The van der Waals surface area contributed by atoms with Crippen LogP contribution in [0.25, 0.3) is 10.8 Å². The van der Waals surface area contributed by atoms with E-state index in [1.54, 1.807) is 17.6 Å². The van der Waals surface area contributed by atoms with Crippen LogP contribution in [0.15, 0.2) is 57.5 Å². The molecule has 0 radical (unpaired) electrons. The van der Waals surface area contributed by atoms with E-state index < -0.39 is 0 Å². The van der Waals surface area contributed by atoms with Crippen molar-refractivity contribution in [2.75, 3.05) is 6.54 Å². The molecule has 0 atom stereocenters. The van der Waals surface area contributed by atoms with Crippen LogP contribution in [-0.4, -0.2) is 17.5 Å². The summed E-state index contributed by atoms with van der Waals surface area (Å²) in [7, 11) is 0. The Bertz CT molecular complexity index is 829. The summed E-state index contributed by atoms with van der Waals surface area (Å²) in [5.41, 5.74) is 1.89.